The average Bonchev–Trinajstić information content (AvgIpc) is 3.92. The van der Waals surface area contributed by atoms with Gasteiger partial charge in [-0.2, -0.15) is 0 Å². The van der Waals surface area contributed by atoms with E-state index in [2.05, 4.69) is 289 Å². The molecule has 13 rings (SSSR count). The minimum absolute atomic E-state index is 0.548. The van der Waals surface area contributed by atoms with E-state index >= 15 is 0 Å². The number of fused-ring (bicyclic) bond motifs is 6. The van der Waals surface area contributed by atoms with Gasteiger partial charge < -0.3 is 9.80 Å². The van der Waals surface area contributed by atoms with E-state index in [-0.39, 0.29) is 0 Å². The Bertz CT molecular complexity index is 3640. The predicted molar refractivity (Wildman–Crippen MR) is 295 cm³/mol. The maximum atomic E-state index is 7.00. The molecule has 0 fully saturated rings. The minimum Gasteiger partial charge on any atom is -0.310 e. The molecular weight excluding hydrogens is 880 g/mol. The zero-order chi connectivity index (χ0) is 47.4. The molecule has 0 aliphatic heterocycles. The highest BCUT2D eigenvalue weighted by Gasteiger charge is 2.49. The lowest BCUT2D eigenvalue weighted by molar-refractivity contribution is 0.768. The standard InChI is InChI=1S/C68H47ClN2/c69-52-31-20-34-54(45-52)71(65-42-22-39-61-59-38-17-19-41-63(59)68(66(61)65,50-27-10-3-11-28-50)51-29-12-4-13-30-51)56-36-21-35-55(46-56)70(53-32-14-5-15-33-53)57-43-44-60-58-37-16-18-40-62(58)67(64(60)47-57,48-23-6-1-7-24-48)49-25-8-2-9-26-49/h1-47H. The highest BCUT2D eigenvalue weighted by molar-refractivity contribution is 6.30. The Morgan fingerprint density at radius 2 is 0.648 bits per heavy atom. The van der Waals surface area contributed by atoms with Crippen molar-refractivity contribution < 1.29 is 0 Å². The van der Waals surface area contributed by atoms with Crippen LogP contribution >= 0.6 is 11.6 Å². The second kappa shape index (κ2) is 17.4. The molecule has 0 aromatic heterocycles. The van der Waals surface area contributed by atoms with Crippen molar-refractivity contribution in [2.75, 3.05) is 9.80 Å². The highest BCUT2D eigenvalue weighted by Crippen LogP contribution is 2.61. The molecule has 0 N–H and O–H groups in total. The van der Waals surface area contributed by atoms with Crippen LogP contribution < -0.4 is 9.80 Å². The molecule has 0 unspecified atom stereocenters. The van der Waals surface area contributed by atoms with Gasteiger partial charge in [-0.25, -0.2) is 0 Å². The van der Waals surface area contributed by atoms with Crippen molar-refractivity contribution in [1.82, 2.24) is 0 Å². The summed E-state index contributed by atoms with van der Waals surface area (Å²) < 4.78 is 0. The van der Waals surface area contributed by atoms with Crippen molar-refractivity contribution in [2.24, 2.45) is 0 Å². The Balaban J connectivity index is 1.05. The lowest BCUT2D eigenvalue weighted by Gasteiger charge is -2.38. The van der Waals surface area contributed by atoms with Crippen LogP contribution in [-0.2, 0) is 10.8 Å². The first-order valence-electron chi connectivity index (χ1n) is 24.4. The zero-order valence-corrected chi connectivity index (χ0v) is 39.7. The van der Waals surface area contributed by atoms with Crippen LogP contribution in [-0.4, -0.2) is 0 Å². The van der Waals surface area contributed by atoms with E-state index in [1.54, 1.807) is 0 Å². The molecule has 2 nitrogen and oxygen atoms in total. The maximum absolute atomic E-state index is 7.00. The van der Waals surface area contributed by atoms with Gasteiger partial charge in [0, 0.05) is 39.0 Å². The Morgan fingerprint density at radius 1 is 0.254 bits per heavy atom. The molecule has 0 radical (unpaired) electrons. The SMILES string of the molecule is Clc1cccc(N(c2cccc(N(c3ccccc3)c3ccc4c(c3)C(c3ccccc3)(c3ccccc3)c3ccccc3-4)c2)c2cccc3c2C(c2ccccc2)(c2ccccc2)c2ccccc2-3)c1. The highest BCUT2D eigenvalue weighted by atomic mass is 35.5. The monoisotopic (exact) mass is 926 g/mol. The number of hydrogen-bond acceptors (Lipinski definition) is 2. The maximum Gasteiger partial charge on any atom is 0.0734 e. The van der Waals surface area contributed by atoms with E-state index in [0.29, 0.717) is 5.02 Å². The van der Waals surface area contributed by atoms with Gasteiger partial charge in [0.05, 0.1) is 16.5 Å². The van der Waals surface area contributed by atoms with Gasteiger partial charge in [0.25, 0.3) is 0 Å². The summed E-state index contributed by atoms with van der Waals surface area (Å²) in [6, 6.07) is 104. The van der Waals surface area contributed by atoms with Crippen LogP contribution in [0.1, 0.15) is 44.5 Å². The Morgan fingerprint density at radius 3 is 1.23 bits per heavy atom. The third kappa shape index (κ3) is 6.63. The molecule has 0 spiro atoms. The summed E-state index contributed by atoms with van der Waals surface area (Å²) in [5, 5.41) is 0.669. The summed E-state index contributed by atoms with van der Waals surface area (Å²) in [6.07, 6.45) is 0. The number of benzene rings is 11. The van der Waals surface area contributed by atoms with E-state index < -0.39 is 10.8 Å². The Kier molecular flexibility index (Phi) is 10.4. The normalized spacial score (nSPS) is 13.4. The summed E-state index contributed by atoms with van der Waals surface area (Å²) in [6.45, 7) is 0. The van der Waals surface area contributed by atoms with E-state index in [1.165, 1.54) is 66.8 Å². The minimum atomic E-state index is -0.637. The van der Waals surface area contributed by atoms with Crippen LogP contribution in [0, 0.1) is 0 Å². The van der Waals surface area contributed by atoms with E-state index in [9.17, 15) is 0 Å². The van der Waals surface area contributed by atoms with Gasteiger partial charge in [-0.1, -0.05) is 230 Å². The fourth-order valence-electron chi connectivity index (χ4n) is 12.1. The number of para-hydroxylation sites is 1. The van der Waals surface area contributed by atoms with Crippen LogP contribution in [0.25, 0.3) is 22.3 Å². The molecule has 0 amide bonds. The molecule has 2 aliphatic carbocycles. The molecule has 11 aromatic rings. The molecule has 0 heterocycles. The molecule has 11 aromatic carbocycles. The largest absolute Gasteiger partial charge is 0.310 e. The van der Waals surface area contributed by atoms with Crippen LogP contribution in [0.4, 0.5) is 34.1 Å². The first-order valence-corrected chi connectivity index (χ1v) is 24.7. The lowest BCUT2D eigenvalue weighted by Crippen LogP contribution is -2.30. The van der Waals surface area contributed by atoms with Gasteiger partial charge in [-0.3, -0.25) is 0 Å². The second-order valence-electron chi connectivity index (χ2n) is 18.5. The molecule has 336 valence electrons. The fourth-order valence-corrected chi connectivity index (χ4v) is 12.3. The van der Waals surface area contributed by atoms with Gasteiger partial charge in [-0.05, 0) is 128 Å². The van der Waals surface area contributed by atoms with Gasteiger partial charge in [0.2, 0.25) is 0 Å². The van der Waals surface area contributed by atoms with Crippen molar-refractivity contribution in [2.45, 2.75) is 10.8 Å². The van der Waals surface area contributed by atoms with Crippen LogP contribution in [0.2, 0.25) is 5.02 Å². The number of rotatable bonds is 10. The van der Waals surface area contributed by atoms with E-state index in [0.717, 1.165) is 34.1 Å². The molecule has 0 bridgehead atoms. The summed E-state index contributed by atoms with van der Waals surface area (Å²) in [5.41, 5.74) is 19.8. The third-order valence-corrected chi connectivity index (χ3v) is 15.1. The van der Waals surface area contributed by atoms with Crippen molar-refractivity contribution >= 4 is 45.7 Å². The van der Waals surface area contributed by atoms with Gasteiger partial charge >= 0.3 is 0 Å². The van der Waals surface area contributed by atoms with E-state index in [1.807, 2.05) is 6.07 Å². The number of anilines is 6. The van der Waals surface area contributed by atoms with Crippen molar-refractivity contribution in [3.8, 4) is 22.3 Å². The zero-order valence-electron chi connectivity index (χ0n) is 38.9. The third-order valence-electron chi connectivity index (χ3n) is 14.8. The van der Waals surface area contributed by atoms with Crippen molar-refractivity contribution in [3.63, 3.8) is 0 Å². The molecule has 71 heavy (non-hydrogen) atoms. The Hall–Kier alpha value is -8.69. The molecule has 0 atom stereocenters. The predicted octanol–water partition coefficient (Wildman–Crippen LogP) is 18.0. The molecular formula is C68H47ClN2. The first-order chi connectivity index (χ1) is 35.2. The first kappa shape index (κ1) is 42.4. The number of nitrogens with zero attached hydrogens (tertiary/aromatic N) is 2. The number of halogens is 1. The summed E-state index contributed by atoms with van der Waals surface area (Å²) in [5.74, 6) is 0. The average molecular weight is 928 g/mol. The number of hydrogen-bond donors (Lipinski definition) is 0. The molecule has 2 aliphatic rings. The Labute approximate surface area is 421 Å². The molecule has 0 saturated carbocycles. The lowest BCUT2D eigenvalue weighted by atomic mass is 9.67. The second-order valence-corrected chi connectivity index (χ2v) is 18.9. The fraction of sp³-hybridized carbons (Fsp3) is 0.0294. The van der Waals surface area contributed by atoms with Crippen molar-refractivity contribution in [3.05, 3.63) is 335 Å². The van der Waals surface area contributed by atoms with Crippen LogP contribution in [0.3, 0.4) is 0 Å². The molecule has 0 saturated heterocycles. The van der Waals surface area contributed by atoms with E-state index in [4.69, 9.17) is 11.6 Å². The molecule has 3 heteroatoms. The topological polar surface area (TPSA) is 6.48 Å². The van der Waals surface area contributed by atoms with Gasteiger partial charge in [0.15, 0.2) is 0 Å². The van der Waals surface area contributed by atoms with Gasteiger partial charge in [0.1, 0.15) is 0 Å². The summed E-state index contributed by atoms with van der Waals surface area (Å²) in [7, 11) is 0. The van der Waals surface area contributed by atoms with Crippen LogP contribution in [0.15, 0.2) is 285 Å². The summed E-state index contributed by atoms with van der Waals surface area (Å²) in [4.78, 5) is 4.83. The quantitative estimate of drug-likeness (QED) is 0.135. The smallest absolute Gasteiger partial charge is 0.0734 e. The summed E-state index contributed by atoms with van der Waals surface area (Å²) >= 11 is 7.00. The van der Waals surface area contributed by atoms with Crippen LogP contribution in [0.5, 0.6) is 0 Å². The van der Waals surface area contributed by atoms with Crippen molar-refractivity contribution in [1.29, 1.82) is 0 Å². The van der Waals surface area contributed by atoms with Gasteiger partial charge in [-0.15, -0.1) is 0 Å².